The van der Waals surface area contributed by atoms with Gasteiger partial charge in [0.2, 0.25) is 0 Å². The van der Waals surface area contributed by atoms with E-state index < -0.39 is 0 Å². The molecule has 0 fully saturated rings. The monoisotopic (exact) mass is 332 g/mol. The van der Waals surface area contributed by atoms with Gasteiger partial charge in [-0.25, -0.2) is 0 Å². The number of benzene rings is 1. The molecule has 0 saturated heterocycles. The second-order valence-corrected chi connectivity index (χ2v) is 5.88. The maximum Gasteiger partial charge on any atom is 0.0207 e. The van der Waals surface area contributed by atoms with Crippen LogP contribution in [0.4, 0.5) is 0 Å². The predicted octanol–water partition coefficient (Wildman–Crippen LogP) is 5.19. The van der Waals surface area contributed by atoms with Gasteiger partial charge in [0.05, 0.1) is 0 Å². The van der Waals surface area contributed by atoms with Gasteiger partial charge in [-0.3, -0.25) is 0 Å². The van der Waals surface area contributed by atoms with Crippen molar-refractivity contribution in [3.63, 3.8) is 0 Å². The summed E-state index contributed by atoms with van der Waals surface area (Å²) >= 11 is 7.25. The van der Waals surface area contributed by atoms with Gasteiger partial charge in [-0.1, -0.05) is 70.3 Å². The van der Waals surface area contributed by atoms with Gasteiger partial charge >= 0.3 is 0 Å². The number of hydrogen-bond donors (Lipinski definition) is 0. The van der Waals surface area contributed by atoms with Crippen molar-refractivity contribution in [2.45, 2.75) is 33.1 Å². The average Bonchev–Trinajstić information content (AvgIpc) is 2.22. The van der Waals surface area contributed by atoms with Crippen molar-refractivity contribution in [1.82, 2.24) is 0 Å². The molecule has 0 amide bonds. The van der Waals surface area contributed by atoms with Crippen molar-refractivity contribution in [3.8, 4) is 0 Å². The zero-order valence-electron chi connectivity index (χ0n) is 9.39. The Balaban J connectivity index is 2.79. The first-order valence-electron chi connectivity index (χ1n) is 5.40. The standard InChI is InChI=1S/C13H18Br2/c1-3-8-13(2,10-14)9-11-6-4-5-7-12(11)15/h4-7H,3,8-10H2,1-2H3. The third-order valence-electron chi connectivity index (χ3n) is 2.75. The van der Waals surface area contributed by atoms with Crippen LogP contribution in [0.3, 0.4) is 0 Å². The van der Waals surface area contributed by atoms with E-state index in [1.54, 1.807) is 0 Å². The highest BCUT2D eigenvalue weighted by atomic mass is 79.9. The van der Waals surface area contributed by atoms with Crippen molar-refractivity contribution in [2.24, 2.45) is 5.41 Å². The molecule has 1 atom stereocenters. The molecule has 84 valence electrons. The van der Waals surface area contributed by atoms with Crippen molar-refractivity contribution in [3.05, 3.63) is 34.3 Å². The van der Waals surface area contributed by atoms with Crippen LogP contribution in [0.5, 0.6) is 0 Å². The molecule has 1 rings (SSSR count). The fourth-order valence-corrected chi connectivity index (χ4v) is 2.81. The molecule has 15 heavy (non-hydrogen) atoms. The van der Waals surface area contributed by atoms with E-state index in [-0.39, 0.29) is 0 Å². The summed E-state index contributed by atoms with van der Waals surface area (Å²) in [5, 5.41) is 1.06. The summed E-state index contributed by atoms with van der Waals surface area (Å²) < 4.78 is 1.23. The molecular formula is C13H18Br2. The van der Waals surface area contributed by atoms with Crippen LogP contribution in [0.25, 0.3) is 0 Å². The summed E-state index contributed by atoms with van der Waals surface area (Å²) in [5.41, 5.74) is 1.78. The molecule has 0 aliphatic rings. The molecule has 0 aliphatic carbocycles. The first kappa shape index (κ1) is 13.2. The lowest BCUT2D eigenvalue weighted by molar-refractivity contribution is 0.340. The fraction of sp³-hybridized carbons (Fsp3) is 0.538. The van der Waals surface area contributed by atoms with Crippen LogP contribution in [0, 0.1) is 5.41 Å². The Morgan fingerprint density at radius 3 is 2.47 bits per heavy atom. The quantitative estimate of drug-likeness (QED) is 0.650. The van der Waals surface area contributed by atoms with Crippen LogP contribution in [0.2, 0.25) is 0 Å². The molecule has 0 saturated carbocycles. The van der Waals surface area contributed by atoms with E-state index >= 15 is 0 Å². The SMILES string of the molecule is CCCC(C)(CBr)Cc1ccccc1Br. The van der Waals surface area contributed by atoms with E-state index in [1.165, 1.54) is 22.9 Å². The predicted molar refractivity (Wildman–Crippen MR) is 74.7 cm³/mol. The summed E-state index contributed by atoms with van der Waals surface area (Å²) in [5.74, 6) is 0. The summed E-state index contributed by atoms with van der Waals surface area (Å²) in [4.78, 5) is 0. The summed E-state index contributed by atoms with van der Waals surface area (Å²) in [6.45, 7) is 4.60. The lowest BCUT2D eigenvalue weighted by Crippen LogP contribution is -2.21. The summed E-state index contributed by atoms with van der Waals surface area (Å²) in [6.07, 6.45) is 3.64. The number of hydrogen-bond acceptors (Lipinski definition) is 0. The Labute approximate surface area is 110 Å². The Bertz CT molecular complexity index is 309. The largest absolute Gasteiger partial charge is 0.0922 e. The van der Waals surface area contributed by atoms with Crippen molar-refractivity contribution < 1.29 is 0 Å². The van der Waals surface area contributed by atoms with E-state index in [0.717, 1.165) is 11.8 Å². The molecule has 1 aromatic rings. The second-order valence-electron chi connectivity index (χ2n) is 4.46. The highest BCUT2D eigenvalue weighted by molar-refractivity contribution is 9.10. The van der Waals surface area contributed by atoms with Crippen LogP contribution >= 0.6 is 31.9 Å². The molecule has 0 N–H and O–H groups in total. The van der Waals surface area contributed by atoms with Gasteiger partial charge in [0.25, 0.3) is 0 Å². The minimum atomic E-state index is 0.374. The minimum absolute atomic E-state index is 0.374. The van der Waals surface area contributed by atoms with Gasteiger partial charge in [0.15, 0.2) is 0 Å². The van der Waals surface area contributed by atoms with Gasteiger partial charge in [-0.05, 0) is 29.9 Å². The van der Waals surface area contributed by atoms with E-state index in [1.807, 2.05) is 0 Å². The van der Waals surface area contributed by atoms with Crippen LogP contribution in [-0.4, -0.2) is 5.33 Å². The Morgan fingerprint density at radius 1 is 1.27 bits per heavy atom. The first-order valence-corrected chi connectivity index (χ1v) is 7.32. The van der Waals surface area contributed by atoms with Crippen molar-refractivity contribution in [2.75, 3.05) is 5.33 Å². The van der Waals surface area contributed by atoms with Crippen molar-refractivity contribution >= 4 is 31.9 Å². The van der Waals surface area contributed by atoms with Gasteiger partial charge in [-0.15, -0.1) is 0 Å². The summed E-state index contributed by atoms with van der Waals surface area (Å²) in [6, 6.07) is 8.51. The maximum absolute atomic E-state index is 3.64. The zero-order chi connectivity index (χ0) is 11.3. The smallest absolute Gasteiger partial charge is 0.0207 e. The molecule has 2 heteroatoms. The fourth-order valence-electron chi connectivity index (χ4n) is 1.91. The molecule has 0 bridgehead atoms. The average molecular weight is 334 g/mol. The number of alkyl halides is 1. The minimum Gasteiger partial charge on any atom is -0.0922 e. The zero-order valence-corrected chi connectivity index (χ0v) is 12.6. The highest BCUT2D eigenvalue weighted by Gasteiger charge is 2.23. The lowest BCUT2D eigenvalue weighted by atomic mass is 9.82. The Morgan fingerprint density at radius 2 is 1.93 bits per heavy atom. The second kappa shape index (κ2) is 6.05. The van der Waals surface area contributed by atoms with Crippen LogP contribution < -0.4 is 0 Å². The maximum atomic E-state index is 3.64. The molecule has 0 aromatic heterocycles. The van der Waals surface area contributed by atoms with Crippen LogP contribution in [-0.2, 0) is 6.42 Å². The van der Waals surface area contributed by atoms with Gasteiger partial charge in [0.1, 0.15) is 0 Å². The molecule has 0 spiro atoms. The van der Waals surface area contributed by atoms with E-state index in [9.17, 15) is 0 Å². The lowest BCUT2D eigenvalue weighted by Gasteiger charge is -2.27. The third-order valence-corrected chi connectivity index (χ3v) is 4.88. The van der Waals surface area contributed by atoms with Crippen LogP contribution in [0.1, 0.15) is 32.3 Å². The molecule has 0 radical (unpaired) electrons. The van der Waals surface area contributed by atoms with Gasteiger partial charge in [-0.2, -0.15) is 0 Å². The third kappa shape index (κ3) is 3.92. The molecule has 0 heterocycles. The molecule has 0 nitrogen and oxygen atoms in total. The Hall–Kier alpha value is 0.180. The first-order chi connectivity index (χ1) is 7.11. The molecule has 1 aromatic carbocycles. The normalized spacial score (nSPS) is 14.9. The molecule has 1 unspecified atom stereocenters. The number of halogens is 2. The Kier molecular flexibility index (Phi) is 5.34. The molecular weight excluding hydrogens is 316 g/mol. The van der Waals surface area contributed by atoms with E-state index in [0.29, 0.717) is 5.41 Å². The molecule has 0 aliphatic heterocycles. The van der Waals surface area contributed by atoms with E-state index in [2.05, 4.69) is 70.0 Å². The summed E-state index contributed by atoms with van der Waals surface area (Å²) in [7, 11) is 0. The highest BCUT2D eigenvalue weighted by Crippen LogP contribution is 2.32. The van der Waals surface area contributed by atoms with E-state index in [4.69, 9.17) is 0 Å². The van der Waals surface area contributed by atoms with Crippen LogP contribution in [0.15, 0.2) is 28.7 Å². The van der Waals surface area contributed by atoms with Crippen molar-refractivity contribution in [1.29, 1.82) is 0 Å². The topological polar surface area (TPSA) is 0 Å². The van der Waals surface area contributed by atoms with Gasteiger partial charge in [0, 0.05) is 9.80 Å². The number of rotatable bonds is 5. The van der Waals surface area contributed by atoms with Gasteiger partial charge < -0.3 is 0 Å².